The van der Waals surface area contributed by atoms with Crippen LogP contribution >= 0.6 is 0 Å². The Bertz CT molecular complexity index is 663. The number of benzene rings is 1. The van der Waals surface area contributed by atoms with Gasteiger partial charge in [0.2, 0.25) is 11.7 Å². The van der Waals surface area contributed by atoms with Gasteiger partial charge in [0.15, 0.2) is 0 Å². The monoisotopic (exact) mass is 290 g/mol. The van der Waals surface area contributed by atoms with Gasteiger partial charge in [-0.1, -0.05) is 6.07 Å². The van der Waals surface area contributed by atoms with Gasteiger partial charge in [-0.05, 0) is 30.7 Å². The van der Waals surface area contributed by atoms with Crippen LogP contribution in [-0.4, -0.2) is 42.0 Å². The maximum atomic E-state index is 11.6. The number of rotatable bonds is 6. The SMILES string of the molecule is CCN(C)C(=O)CNCc1ccc2oc(C(=O)O)cc2c1. The number of hydrogen-bond donors (Lipinski definition) is 2. The molecule has 6 nitrogen and oxygen atoms in total. The molecule has 0 unspecified atom stereocenters. The number of nitrogens with zero attached hydrogens (tertiary/aromatic N) is 1. The number of nitrogens with one attached hydrogen (secondary N) is 1. The zero-order valence-corrected chi connectivity index (χ0v) is 12.0. The molecule has 0 saturated carbocycles. The normalized spacial score (nSPS) is 10.8. The van der Waals surface area contributed by atoms with E-state index in [0.29, 0.717) is 18.7 Å². The Morgan fingerprint density at radius 1 is 1.33 bits per heavy atom. The van der Waals surface area contributed by atoms with Crippen LogP contribution in [0.2, 0.25) is 0 Å². The van der Waals surface area contributed by atoms with E-state index in [9.17, 15) is 9.59 Å². The predicted molar refractivity (Wildman–Crippen MR) is 78.2 cm³/mol. The zero-order valence-electron chi connectivity index (χ0n) is 12.0. The topological polar surface area (TPSA) is 82.8 Å². The molecule has 2 aromatic rings. The van der Waals surface area contributed by atoms with Crippen LogP contribution in [-0.2, 0) is 11.3 Å². The van der Waals surface area contributed by atoms with Gasteiger partial charge in [-0.25, -0.2) is 4.79 Å². The summed E-state index contributed by atoms with van der Waals surface area (Å²) in [6, 6.07) is 6.93. The Kier molecular flexibility index (Phi) is 4.59. The van der Waals surface area contributed by atoms with Crippen LogP contribution in [0.4, 0.5) is 0 Å². The van der Waals surface area contributed by atoms with Crippen molar-refractivity contribution in [3.8, 4) is 0 Å². The number of hydrogen-bond acceptors (Lipinski definition) is 4. The first-order valence-corrected chi connectivity index (χ1v) is 6.71. The maximum Gasteiger partial charge on any atom is 0.371 e. The number of fused-ring (bicyclic) bond motifs is 1. The molecule has 6 heteroatoms. The fourth-order valence-electron chi connectivity index (χ4n) is 1.93. The molecule has 0 saturated heterocycles. The molecule has 112 valence electrons. The van der Waals surface area contributed by atoms with Gasteiger partial charge in [-0.15, -0.1) is 0 Å². The van der Waals surface area contributed by atoms with Crippen molar-refractivity contribution in [2.24, 2.45) is 0 Å². The molecule has 1 heterocycles. The minimum atomic E-state index is -1.08. The van der Waals surface area contributed by atoms with E-state index in [1.165, 1.54) is 6.07 Å². The average Bonchev–Trinajstić information content (AvgIpc) is 2.89. The highest BCUT2D eigenvalue weighted by Gasteiger charge is 2.11. The Hall–Kier alpha value is -2.34. The molecule has 0 spiro atoms. The molecule has 0 atom stereocenters. The number of likely N-dealkylation sites (N-methyl/N-ethyl adjacent to an activating group) is 1. The highest BCUT2D eigenvalue weighted by Crippen LogP contribution is 2.20. The van der Waals surface area contributed by atoms with E-state index in [1.807, 2.05) is 19.1 Å². The molecule has 0 radical (unpaired) electrons. The van der Waals surface area contributed by atoms with E-state index < -0.39 is 5.97 Å². The Labute approximate surface area is 122 Å². The summed E-state index contributed by atoms with van der Waals surface area (Å²) in [5.74, 6) is -1.12. The third-order valence-corrected chi connectivity index (χ3v) is 3.30. The van der Waals surface area contributed by atoms with Crippen LogP contribution in [0.25, 0.3) is 11.0 Å². The molecule has 1 aromatic heterocycles. The van der Waals surface area contributed by atoms with Crippen LogP contribution in [0.15, 0.2) is 28.7 Å². The van der Waals surface area contributed by atoms with E-state index in [2.05, 4.69) is 5.32 Å². The standard InChI is InChI=1S/C15H18N2O4/c1-3-17(2)14(18)9-16-8-10-4-5-12-11(6-10)7-13(21-12)15(19)20/h4-7,16H,3,8-9H2,1-2H3,(H,19,20). The molecular weight excluding hydrogens is 272 g/mol. The van der Waals surface area contributed by atoms with Crippen molar-refractivity contribution in [2.45, 2.75) is 13.5 Å². The van der Waals surface area contributed by atoms with Crippen molar-refractivity contribution < 1.29 is 19.1 Å². The van der Waals surface area contributed by atoms with E-state index in [0.717, 1.165) is 10.9 Å². The molecule has 0 aliphatic rings. The first-order valence-electron chi connectivity index (χ1n) is 6.71. The quantitative estimate of drug-likeness (QED) is 0.846. The second-order valence-corrected chi connectivity index (χ2v) is 4.80. The molecule has 2 N–H and O–H groups in total. The Morgan fingerprint density at radius 3 is 2.76 bits per heavy atom. The summed E-state index contributed by atoms with van der Waals surface area (Å²) in [5.41, 5.74) is 1.50. The first-order chi connectivity index (χ1) is 10.0. The number of carbonyl (C=O) groups excluding carboxylic acids is 1. The first kappa shape index (κ1) is 15.1. The maximum absolute atomic E-state index is 11.6. The van der Waals surface area contributed by atoms with Crippen molar-refractivity contribution in [1.29, 1.82) is 0 Å². The lowest BCUT2D eigenvalue weighted by molar-refractivity contribution is -0.128. The molecule has 21 heavy (non-hydrogen) atoms. The Balaban J connectivity index is 1.99. The highest BCUT2D eigenvalue weighted by molar-refractivity contribution is 5.91. The lowest BCUT2D eigenvalue weighted by atomic mass is 10.1. The van der Waals surface area contributed by atoms with Gasteiger partial charge in [0, 0.05) is 25.5 Å². The number of furan rings is 1. The summed E-state index contributed by atoms with van der Waals surface area (Å²) >= 11 is 0. The van der Waals surface area contributed by atoms with Crippen molar-refractivity contribution >= 4 is 22.8 Å². The zero-order chi connectivity index (χ0) is 15.4. The fourth-order valence-corrected chi connectivity index (χ4v) is 1.93. The number of amides is 1. The summed E-state index contributed by atoms with van der Waals surface area (Å²) in [6.07, 6.45) is 0. The fraction of sp³-hybridized carbons (Fsp3) is 0.333. The number of carboxylic acids is 1. The van der Waals surface area contributed by atoms with Gasteiger partial charge in [0.1, 0.15) is 5.58 Å². The average molecular weight is 290 g/mol. The summed E-state index contributed by atoms with van der Waals surface area (Å²) in [6.45, 7) is 3.41. The molecule has 2 rings (SSSR count). The van der Waals surface area contributed by atoms with E-state index in [-0.39, 0.29) is 18.2 Å². The molecule has 0 fully saturated rings. The molecule has 1 aromatic carbocycles. The number of aromatic carboxylic acids is 1. The van der Waals surface area contributed by atoms with Crippen LogP contribution in [0.1, 0.15) is 23.0 Å². The van der Waals surface area contributed by atoms with Crippen molar-refractivity contribution in [2.75, 3.05) is 20.1 Å². The predicted octanol–water partition coefficient (Wildman–Crippen LogP) is 1.70. The van der Waals surface area contributed by atoms with Crippen LogP contribution in [0, 0.1) is 0 Å². The minimum absolute atomic E-state index is 0.0371. The number of carbonyl (C=O) groups is 2. The molecular formula is C15H18N2O4. The van der Waals surface area contributed by atoms with Gasteiger partial charge < -0.3 is 19.7 Å². The van der Waals surface area contributed by atoms with Crippen LogP contribution in [0.5, 0.6) is 0 Å². The van der Waals surface area contributed by atoms with Crippen molar-refractivity contribution in [3.63, 3.8) is 0 Å². The van der Waals surface area contributed by atoms with Crippen LogP contribution in [0.3, 0.4) is 0 Å². The van der Waals surface area contributed by atoms with Gasteiger partial charge in [0.05, 0.1) is 6.54 Å². The van der Waals surface area contributed by atoms with E-state index in [1.54, 1.807) is 18.0 Å². The van der Waals surface area contributed by atoms with E-state index in [4.69, 9.17) is 9.52 Å². The van der Waals surface area contributed by atoms with Crippen LogP contribution < -0.4 is 5.32 Å². The van der Waals surface area contributed by atoms with Crippen molar-refractivity contribution in [1.82, 2.24) is 10.2 Å². The Morgan fingerprint density at radius 2 is 2.10 bits per heavy atom. The van der Waals surface area contributed by atoms with Gasteiger partial charge >= 0.3 is 5.97 Å². The lowest BCUT2D eigenvalue weighted by Crippen LogP contribution is -2.35. The molecule has 0 aliphatic heterocycles. The summed E-state index contributed by atoms with van der Waals surface area (Å²) in [4.78, 5) is 24.1. The van der Waals surface area contributed by atoms with Gasteiger partial charge in [0.25, 0.3) is 0 Å². The minimum Gasteiger partial charge on any atom is -0.475 e. The third kappa shape index (κ3) is 3.61. The highest BCUT2D eigenvalue weighted by atomic mass is 16.4. The van der Waals surface area contributed by atoms with Gasteiger partial charge in [-0.2, -0.15) is 0 Å². The van der Waals surface area contributed by atoms with E-state index >= 15 is 0 Å². The number of carboxylic acid groups (broad SMARTS) is 1. The van der Waals surface area contributed by atoms with Gasteiger partial charge in [-0.3, -0.25) is 4.79 Å². The molecule has 0 bridgehead atoms. The largest absolute Gasteiger partial charge is 0.475 e. The molecule has 0 aliphatic carbocycles. The summed E-state index contributed by atoms with van der Waals surface area (Å²) < 4.78 is 5.19. The smallest absolute Gasteiger partial charge is 0.371 e. The molecule has 1 amide bonds. The third-order valence-electron chi connectivity index (χ3n) is 3.30. The lowest BCUT2D eigenvalue weighted by Gasteiger charge is -2.14. The second-order valence-electron chi connectivity index (χ2n) is 4.80. The summed E-state index contributed by atoms with van der Waals surface area (Å²) in [7, 11) is 1.76. The van der Waals surface area contributed by atoms with Crippen molar-refractivity contribution in [3.05, 3.63) is 35.6 Å². The second kappa shape index (κ2) is 6.41. The summed E-state index contributed by atoms with van der Waals surface area (Å²) in [5, 5.41) is 12.7.